The Morgan fingerprint density at radius 3 is 2.27 bits per heavy atom. The average Bonchev–Trinajstić information content (AvgIpc) is 3.03. The van der Waals surface area contributed by atoms with E-state index in [0.29, 0.717) is 0 Å². The first-order valence-electron chi connectivity index (χ1n) is 7.72. The molecule has 1 aliphatic rings. The molecule has 2 aromatic rings. The second kappa shape index (κ2) is 7.25. The summed E-state index contributed by atoms with van der Waals surface area (Å²) < 4.78 is 0. The van der Waals surface area contributed by atoms with E-state index in [1.54, 1.807) is 0 Å². The predicted molar refractivity (Wildman–Crippen MR) is 89.2 cm³/mol. The maximum absolute atomic E-state index is 5.76. The van der Waals surface area contributed by atoms with E-state index in [9.17, 15) is 0 Å². The van der Waals surface area contributed by atoms with E-state index in [1.807, 2.05) is 19.2 Å². The number of rotatable bonds is 6. The minimum atomic E-state index is 0.0453. The van der Waals surface area contributed by atoms with Crippen molar-refractivity contribution in [3.8, 4) is 0 Å². The van der Waals surface area contributed by atoms with Gasteiger partial charge in [0.2, 0.25) is 0 Å². The van der Waals surface area contributed by atoms with Crippen LogP contribution in [0, 0.1) is 0 Å². The lowest BCUT2D eigenvalue weighted by Gasteiger charge is -2.20. The number of hydroxylamine groups is 1. The Kier molecular flexibility index (Phi) is 4.88. The Balaban J connectivity index is 1.64. The quantitative estimate of drug-likeness (QED) is 0.859. The van der Waals surface area contributed by atoms with Crippen LogP contribution in [-0.4, -0.2) is 19.2 Å². The largest absolute Gasteiger partial charge is 0.314 e. The summed E-state index contributed by atoms with van der Waals surface area (Å²) >= 11 is 0. The first-order valence-corrected chi connectivity index (χ1v) is 7.72. The van der Waals surface area contributed by atoms with Crippen LogP contribution in [0.1, 0.15) is 11.1 Å². The molecule has 0 aliphatic carbocycles. The van der Waals surface area contributed by atoms with Crippen molar-refractivity contribution in [3.63, 3.8) is 0 Å². The van der Waals surface area contributed by atoms with E-state index >= 15 is 0 Å². The van der Waals surface area contributed by atoms with Gasteiger partial charge in [-0.15, -0.1) is 0 Å². The Bertz CT molecular complexity index is 610. The van der Waals surface area contributed by atoms with Crippen molar-refractivity contribution >= 4 is 0 Å². The van der Waals surface area contributed by atoms with Crippen LogP contribution in [0.2, 0.25) is 0 Å². The Labute approximate surface area is 132 Å². The number of benzene rings is 2. The van der Waals surface area contributed by atoms with Gasteiger partial charge in [-0.2, -0.15) is 0 Å². The first kappa shape index (κ1) is 14.8. The topological polar surface area (TPSA) is 33.3 Å². The molecule has 0 spiro atoms. The van der Waals surface area contributed by atoms with Crippen molar-refractivity contribution in [2.75, 3.05) is 7.05 Å². The maximum atomic E-state index is 5.76. The summed E-state index contributed by atoms with van der Waals surface area (Å²) in [6.07, 6.45) is 4.05. The van der Waals surface area contributed by atoms with Crippen LogP contribution < -0.4 is 10.8 Å². The molecule has 0 fully saturated rings. The van der Waals surface area contributed by atoms with E-state index < -0.39 is 0 Å². The van der Waals surface area contributed by atoms with Crippen LogP contribution in [-0.2, 0) is 17.7 Å². The molecular weight excluding hydrogens is 272 g/mol. The van der Waals surface area contributed by atoms with Gasteiger partial charge in [0, 0.05) is 18.2 Å². The molecule has 2 unspecified atom stereocenters. The molecule has 3 heteroatoms. The van der Waals surface area contributed by atoms with Crippen LogP contribution in [0.5, 0.6) is 0 Å². The summed E-state index contributed by atoms with van der Waals surface area (Å²) in [5.41, 5.74) is 6.81. The zero-order valence-electron chi connectivity index (χ0n) is 12.8. The summed E-state index contributed by atoms with van der Waals surface area (Å²) in [5, 5.41) is 3.37. The van der Waals surface area contributed by atoms with Crippen molar-refractivity contribution < 1.29 is 4.84 Å². The highest BCUT2D eigenvalue weighted by atomic mass is 16.7. The normalized spacial score (nSPS) is 18.6. The smallest absolute Gasteiger partial charge is 0.121 e. The Morgan fingerprint density at radius 1 is 1.00 bits per heavy atom. The van der Waals surface area contributed by atoms with E-state index in [2.05, 4.69) is 65.4 Å². The summed E-state index contributed by atoms with van der Waals surface area (Å²) in [6, 6.07) is 21.2. The molecule has 1 aliphatic heterocycles. The fourth-order valence-electron chi connectivity index (χ4n) is 2.77. The minimum Gasteiger partial charge on any atom is -0.314 e. The molecule has 2 atom stereocenters. The Morgan fingerprint density at radius 2 is 1.64 bits per heavy atom. The van der Waals surface area contributed by atoms with Crippen molar-refractivity contribution in [3.05, 3.63) is 83.6 Å². The fraction of sp³-hybridized carbons (Fsp3) is 0.263. The third-order valence-electron chi connectivity index (χ3n) is 3.99. The highest BCUT2D eigenvalue weighted by Crippen LogP contribution is 2.17. The number of nitrogens with one attached hydrogen (secondary N) is 2. The molecule has 1 heterocycles. The molecule has 2 aromatic carbocycles. The molecule has 0 saturated carbocycles. The third kappa shape index (κ3) is 3.75. The van der Waals surface area contributed by atoms with E-state index in [1.165, 1.54) is 11.1 Å². The standard InChI is InChI=1S/C19H22N2O/c1-20-18(13-16-10-6-3-7-11-16)19-14-17(21-22-19)12-15-8-4-2-5-9-15/h2-11,14,18-21H,12-13H2,1H3. The van der Waals surface area contributed by atoms with Gasteiger partial charge in [-0.1, -0.05) is 60.7 Å². The van der Waals surface area contributed by atoms with Crippen LogP contribution in [0.3, 0.4) is 0 Å². The number of hydrogen-bond acceptors (Lipinski definition) is 3. The zero-order valence-corrected chi connectivity index (χ0v) is 12.8. The van der Waals surface area contributed by atoms with Crippen LogP contribution >= 0.6 is 0 Å². The monoisotopic (exact) mass is 294 g/mol. The summed E-state index contributed by atoms with van der Waals surface area (Å²) in [7, 11) is 1.99. The molecule has 0 radical (unpaired) electrons. The maximum Gasteiger partial charge on any atom is 0.121 e. The van der Waals surface area contributed by atoms with Crippen molar-refractivity contribution in [2.45, 2.75) is 25.0 Å². The molecule has 114 valence electrons. The van der Waals surface area contributed by atoms with Gasteiger partial charge in [-0.25, -0.2) is 0 Å². The number of hydrogen-bond donors (Lipinski definition) is 2. The predicted octanol–water partition coefficient (Wildman–Crippen LogP) is 2.85. The van der Waals surface area contributed by atoms with Gasteiger partial charge in [0.25, 0.3) is 0 Å². The molecule has 22 heavy (non-hydrogen) atoms. The van der Waals surface area contributed by atoms with Gasteiger partial charge in [0.1, 0.15) is 6.10 Å². The van der Waals surface area contributed by atoms with Crippen LogP contribution in [0.15, 0.2) is 72.4 Å². The number of allylic oxidation sites excluding steroid dienone is 1. The highest BCUT2D eigenvalue weighted by molar-refractivity contribution is 5.24. The Hall–Kier alpha value is -2.10. The SMILES string of the molecule is CNC(Cc1ccccc1)C1C=C(Cc2ccccc2)NO1. The van der Waals surface area contributed by atoms with Crippen LogP contribution in [0.25, 0.3) is 0 Å². The molecule has 0 saturated heterocycles. The third-order valence-corrected chi connectivity index (χ3v) is 3.99. The highest BCUT2D eigenvalue weighted by Gasteiger charge is 2.25. The van der Waals surface area contributed by atoms with Gasteiger partial charge in [-0.3, -0.25) is 10.3 Å². The summed E-state index contributed by atoms with van der Waals surface area (Å²) in [4.78, 5) is 5.76. The summed E-state index contributed by atoms with van der Waals surface area (Å²) in [6.45, 7) is 0. The van der Waals surface area contributed by atoms with E-state index in [0.717, 1.165) is 18.5 Å². The number of likely N-dealkylation sites (N-methyl/N-ethyl adjacent to an activating group) is 1. The van der Waals surface area contributed by atoms with Crippen molar-refractivity contribution in [1.82, 2.24) is 10.8 Å². The van der Waals surface area contributed by atoms with Gasteiger partial charge in [-0.05, 0) is 30.7 Å². The molecular formula is C19H22N2O. The molecule has 2 N–H and O–H groups in total. The lowest BCUT2D eigenvalue weighted by atomic mass is 10.0. The fourth-order valence-corrected chi connectivity index (χ4v) is 2.77. The minimum absolute atomic E-state index is 0.0453. The molecule has 0 amide bonds. The van der Waals surface area contributed by atoms with Crippen molar-refractivity contribution in [1.29, 1.82) is 0 Å². The van der Waals surface area contributed by atoms with Gasteiger partial charge < -0.3 is 5.32 Å². The molecule has 3 nitrogen and oxygen atoms in total. The van der Waals surface area contributed by atoms with E-state index in [4.69, 9.17) is 4.84 Å². The molecule has 3 rings (SSSR count). The summed E-state index contributed by atoms with van der Waals surface area (Å²) in [5.74, 6) is 0. The van der Waals surface area contributed by atoms with Gasteiger partial charge in [0.05, 0.1) is 0 Å². The van der Waals surface area contributed by atoms with Crippen molar-refractivity contribution in [2.24, 2.45) is 0 Å². The second-order valence-electron chi connectivity index (χ2n) is 5.62. The lowest BCUT2D eigenvalue weighted by Crippen LogP contribution is -2.39. The lowest BCUT2D eigenvalue weighted by molar-refractivity contribution is 0.0219. The molecule has 0 bridgehead atoms. The first-order chi connectivity index (χ1) is 10.8. The van der Waals surface area contributed by atoms with E-state index in [-0.39, 0.29) is 12.1 Å². The van der Waals surface area contributed by atoms with Gasteiger partial charge in [0.15, 0.2) is 0 Å². The average molecular weight is 294 g/mol. The van der Waals surface area contributed by atoms with Crippen LogP contribution in [0.4, 0.5) is 0 Å². The van der Waals surface area contributed by atoms with Gasteiger partial charge >= 0.3 is 0 Å². The second-order valence-corrected chi connectivity index (χ2v) is 5.62. The molecule has 0 aromatic heterocycles. The zero-order chi connectivity index (χ0) is 15.2.